The van der Waals surface area contributed by atoms with Crippen LogP contribution in [0, 0.1) is 6.92 Å². The molecule has 1 aromatic heterocycles. The van der Waals surface area contributed by atoms with Crippen LogP contribution in [0.4, 0.5) is 5.69 Å². The van der Waals surface area contributed by atoms with Gasteiger partial charge >= 0.3 is 0 Å². The van der Waals surface area contributed by atoms with Crippen molar-refractivity contribution in [3.05, 3.63) is 24.0 Å². The van der Waals surface area contributed by atoms with E-state index in [1.807, 2.05) is 6.20 Å². The molecular formula is C13H21N3. The number of rotatable bonds is 3. The lowest BCUT2D eigenvalue weighted by atomic mass is 10.1. The third kappa shape index (κ3) is 2.73. The molecule has 0 amide bonds. The van der Waals surface area contributed by atoms with E-state index in [0.29, 0.717) is 6.04 Å². The fourth-order valence-corrected chi connectivity index (χ4v) is 2.39. The average molecular weight is 219 g/mol. The molecule has 1 aromatic rings. The summed E-state index contributed by atoms with van der Waals surface area (Å²) in [6, 6.07) is 4.93. The van der Waals surface area contributed by atoms with Crippen LogP contribution < -0.4 is 10.2 Å². The number of piperidine rings is 1. The molecule has 16 heavy (non-hydrogen) atoms. The predicted molar refractivity (Wildman–Crippen MR) is 67.9 cm³/mol. The molecule has 3 heteroatoms. The lowest BCUT2D eigenvalue weighted by Gasteiger charge is -2.34. The van der Waals surface area contributed by atoms with Crippen molar-refractivity contribution in [1.82, 2.24) is 10.3 Å². The minimum atomic E-state index is 0.646. The Morgan fingerprint density at radius 2 is 2.44 bits per heavy atom. The summed E-state index contributed by atoms with van der Waals surface area (Å²) in [4.78, 5) is 6.71. The number of anilines is 1. The van der Waals surface area contributed by atoms with E-state index < -0.39 is 0 Å². The second-order valence-electron chi connectivity index (χ2n) is 4.50. The number of likely N-dealkylation sites (N-methyl/N-ethyl adjacent to an activating group) is 1. The second-order valence-corrected chi connectivity index (χ2v) is 4.50. The minimum Gasteiger partial charge on any atom is -0.370 e. The van der Waals surface area contributed by atoms with Gasteiger partial charge in [-0.2, -0.15) is 0 Å². The number of aryl methyl sites for hydroxylation is 1. The van der Waals surface area contributed by atoms with E-state index in [2.05, 4.69) is 41.2 Å². The van der Waals surface area contributed by atoms with Crippen LogP contribution in [0.3, 0.4) is 0 Å². The maximum atomic E-state index is 4.25. The molecule has 3 nitrogen and oxygen atoms in total. The van der Waals surface area contributed by atoms with Crippen molar-refractivity contribution in [1.29, 1.82) is 0 Å². The quantitative estimate of drug-likeness (QED) is 0.842. The van der Waals surface area contributed by atoms with Crippen LogP contribution in [0.5, 0.6) is 0 Å². The maximum absolute atomic E-state index is 4.25. The molecule has 0 aliphatic carbocycles. The van der Waals surface area contributed by atoms with Gasteiger partial charge in [-0.15, -0.1) is 0 Å². The van der Waals surface area contributed by atoms with Crippen molar-refractivity contribution in [2.24, 2.45) is 0 Å². The zero-order valence-electron chi connectivity index (χ0n) is 10.2. The first kappa shape index (κ1) is 11.4. The maximum Gasteiger partial charge on any atom is 0.0400 e. The van der Waals surface area contributed by atoms with E-state index in [4.69, 9.17) is 0 Å². The number of aromatic nitrogens is 1. The molecule has 0 radical (unpaired) electrons. The van der Waals surface area contributed by atoms with Gasteiger partial charge in [0.25, 0.3) is 0 Å². The fraction of sp³-hybridized carbons (Fsp3) is 0.615. The summed E-state index contributed by atoms with van der Waals surface area (Å²) in [5, 5.41) is 3.54. The topological polar surface area (TPSA) is 28.2 Å². The van der Waals surface area contributed by atoms with Crippen LogP contribution in [0.25, 0.3) is 0 Å². The van der Waals surface area contributed by atoms with Crippen molar-refractivity contribution in [3.8, 4) is 0 Å². The Kier molecular flexibility index (Phi) is 3.78. The number of nitrogens with one attached hydrogen (secondary N) is 1. The van der Waals surface area contributed by atoms with Crippen LogP contribution in [0.2, 0.25) is 0 Å². The molecule has 1 saturated heterocycles. The zero-order chi connectivity index (χ0) is 11.4. The third-order valence-electron chi connectivity index (χ3n) is 3.16. The van der Waals surface area contributed by atoms with Crippen LogP contribution in [-0.4, -0.2) is 30.7 Å². The van der Waals surface area contributed by atoms with E-state index in [1.165, 1.54) is 25.1 Å². The fourth-order valence-electron chi connectivity index (χ4n) is 2.39. The summed E-state index contributed by atoms with van der Waals surface area (Å²) in [5.74, 6) is 0. The summed E-state index contributed by atoms with van der Waals surface area (Å²) in [6.07, 6.45) is 4.48. The van der Waals surface area contributed by atoms with E-state index in [0.717, 1.165) is 18.8 Å². The summed E-state index contributed by atoms with van der Waals surface area (Å²) >= 11 is 0. The molecule has 0 saturated carbocycles. The first-order valence-electron chi connectivity index (χ1n) is 6.20. The van der Waals surface area contributed by atoms with Gasteiger partial charge in [0, 0.05) is 36.7 Å². The molecule has 2 heterocycles. The Hall–Kier alpha value is -1.09. The minimum absolute atomic E-state index is 0.646. The Bertz CT molecular complexity index is 336. The Labute approximate surface area is 97.9 Å². The van der Waals surface area contributed by atoms with Crippen molar-refractivity contribution in [3.63, 3.8) is 0 Å². The molecule has 0 spiro atoms. The lowest BCUT2D eigenvalue weighted by molar-refractivity contribution is 0.431. The standard InChI is InChI=1S/C13H21N3/c1-3-14-12-5-4-8-16(10-12)13-6-7-15-11(2)9-13/h6-7,9,12,14H,3-5,8,10H2,1-2H3. The third-order valence-corrected chi connectivity index (χ3v) is 3.16. The number of hydrogen-bond acceptors (Lipinski definition) is 3. The highest BCUT2D eigenvalue weighted by atomic mass is 15.2. The van der Waals surface area contributed by atoms with E-state index in [1.54, 1.807) is 0 Å². The van der Waals surface area contributed by atoms with Crippen LogP contribution >= 0.6 is 0 Å². The van der Waals surface area contributed by atoms with Crippen molar-refractivity contribution in [2.45, 2.75) is 32.7 Å². The van der Waals surface area contributed by atoms with Crippen LogP contribution in [0.15, 0.2) is 18.3 Å². The highest BCUT2D eigenvalue weighted by Crippen LogP contribution is 2.19. The van der Waals surface area contributed by atoms with Crippen LogP contribution in [0.1, 0.15) is 25.5 Å². The summed E-state index contributed by atoms with van der Waals surface area (Å²) in [7, 11) is 0. The molecule has 1 N–H and O–H groups in total. The molecule has 2 rings (SSSR count). The number of hydrogen-bond donors (Lipinski definition) is 1. The summed E-state index contributed by atoms with van der Waals surface area (Å²) < 4.78 is 0. The Morgan fingerprint density at radius 3 is 3.19 bits per heavy atom. The monoisotopic (exact) mass is 219 g/mol. The highest BCUT2D eigenvalue weighted by Gasteiger charge is 2.19. The van der Waals surface area contributed by atoms with E-state index >= 15 is 0 Å². The number of pyridine rings is 1. The zero-order valence-corrected chi connectivity index (χ0v) is 10.2. The SMILES string of the molecule is CCNC1CCCN(c2ccnc(C)c2)C1. The molecule has 1 atom stereocenters. The Morgan fingerprint density at radius 1 is 1.56 bits per heavy atom. The summed E-state index contributed by atoms with van der Waals surface area (Å²) in [5.41, 5.74) is 2.41. The summed E-state index contributed by atoms with van der Waals surface area (Å²) in [6.45, 7) is 7.58. The van der Waals surface area contributed by atoms with Gasteiger partial charge in [0.2, 0.25) is 0 Å². The smallest absolute Gasteiger partial charge is 0.0400 e. The Balaban J connectivity index is 2.03. The predicted octanol–water partition coefficient (Wildman–Crippen LogP) is 1.97. The van der Waals surface area contributed by atoms with Gasteiger partial charge < -0.3 is 10.2 Å². The van der Waals surface area contributed by atoms with Gasteiger partial charge in [-0.05, 0) is 38.4 Å². The molecule has 1 aliphatic rings. The van der Waals surface area contributed by atoms with Gasteiger partial charge in [0.15, 0.2) is 0 Å². The first-order chi connectivity index (χ1) is 7.79. The molecule has 0 bridgehead atoms. The van der Waals surface area contributed by atoms with Crippen molar-refractivity contribution in [2.75, 3.05) is 24.5 Å². The first-order valence-corrected chi connectivity index (χ1v) is 6.20. The largest absolute Gasteiger partial charge is 0.370 e. The van der Waals surface area contributed by atoms with Gasteiger partial charge in [0.1, 0.15) is 0 Å². The van der Waals surface area contributed by atoms with Gasteiger partial charge in [-0.25, -0.2) is 0 Å². The van der Waals surface area contributed by atoms with Gasteiger partial charge in [-0.3, -0.25) is 4.98 Å². The van der Waals surface area contributed by atoms with Crippen molar-refractivity contribution < 1.29 is 0 Å². The molecule has 88 valence electrons. The van der Waals surface area contributed by atoms with Gasteiger partial charge in [0.05, 0.1) is 0 Å². The lowest BCUT2D eigenvalue weighted by Crippen LogP contribution is -2.45. The molecule has 1 fully saturated rings. The van der Waals surface area contributed by atoms with E-state index in [9.17, 15) is 0 Å². The molecule has 1 unspecified atom stereocenters. The molecule has 1 aliphatic heterocycles. The normalized spacial score (nSPS) is 21.1. The van der Waals surface area contributed by atoms with E-state index in [-0.39, 0.29) is 0 Å². The number of nitrogens with zero attached hydrogens (tertiary/aromatic N) is 2. The molecular weight excluding hydrogens is 198 g/mol. The van der Waals surface area contributed by atoms with Crippen molar-refractivity contribution >= 4 is 5.69 Å². The second kappa shape index (κ2) is 5.30. The van der Waals surface area contributed by atoms with Crippen LogP contribution in [-0.2, 0) is 0 Å². The van der Waals surface area contributed by atoms with Gasteiger partial charge in [-0.1, -0.05) is 6.92 Å². The highest BCUT2D eigenvalue weighted by molar-refractivity contribution is 5.46. The molecule has 0 aromatic carbocycles. The average Bonchev–Trinajstić information content (AvgIpc) is 2.30.